The lowest BCUT2D eigenvalue weighted by atomic mass is 10.1. The first-order chi connectivity index (χ1) is 13.8. The monoisotopic (exact) mass is 420 g/mol. The highest BCUT2D eigenvalue weighted by atomic mass is 35.5. The van der Waals surface area contributed by atoms with Crippen LogP contribution in [0.25, 0.3) is 5.57 Å². The van der Waals surface area contributed by atoms with Crippen molar-refractivity contribution in [3.63, 3.8) is 0 Å². The summed E-state index contributed by atoms with van der Waals surface area (Å²) in [5, 5.41) is 4.75. The SMILES string of the molecule is C=N/C(N)=C(\C=C(/C)c1cnn(CCCOC)c1)OC(C)c1cc(F)ccc1Cl. The Balaban J connectivity index is 2.22. The molecule has 2 aromatic rings. The van der Waals surface area contributed by atoms with E-state index in [-0.39, 0.29) is 5.82 Å². The molecule has 1 heterocycles. The molecule has 0 aliphatic carbocycles. The van der Waals surface area contributed by atoms with Gasteiger partial charge in [-0.2, -0.15) is 5.10 Å². The van der Waals surface area contributed by atoms with E-state index in [2.05, 4.69) is 16.8 Å². The second-order valence-electron chi connectivity index (χ2n) is 6.50. The largest absolute Gasteiger partial charge is 0.482 e. The van der Waals surface area contributed by atoms with Crippen molar-refractivity contribution >= 4 is 23.9 Å². The number of allylic oxidation sites excluding steroid dienone is 2. The van der Waals surface area contributed by atoms with Crippen LogP contribution in [0.1, 0.15) is 37.5 Å². The van der Waals surface area contributed by atoms with E-state index in [1.807, 2.05) is 17.8 Å². The number of ether oxygens (including phenoxy) is 2. The summed E-state index contributed by atoms with van der Waals surface area (Å²) in [6.07, 6.45) is 5.77. The van der Waals surface area contributed by atoms with E-state index in [0.29, 0.717) is 23.0 Å². The quantitative estimate of drug-likeness (QED) is 0.261. The van der Waals surface area contributed by atoms with E-state index in [0.717, 1.165) is 24.1 Å². The van der Waals surface area contributed by atoms with Gasteiger partial charge in [-0.3, -0.25) is 4.68 Å². The zero-order valence-corrected chi connectivity index (χ0v) is 17.6. The minimum absolute atomic E-state index is 0.121. The maximum Gasteiger partial charge on any atom is 0.165 e. The van der Waals surface area contributed by atoms with Crippen molar-refractivity contribution in [3.8, 4) is 0 Å². The molecule has 6 nitrogen and oxygen atoms in total. The van der Waals surface area contributed by atoms with Crippen molar-refractivity contribution in [1.82, 2.24) is 9.78 Å². The topological polar surface area (TPSA) is 74.7 Å². The standard InChI is InChI=1S/C21H26ClFN4O2/c1-14(16-12-26-27(13-16)8-5-9-28-4)10-20(21(24)25-3)29-15(2)18-11-17(23)6-7-19(18)22/h6-7,10-13,15H,3,5,8-9,24H2,1-2,4H3/b14-10+,21-20+. The third-order valence-corrected chi connectivity index (χ3v) is 4.64. The van der Waals surface area contributed by atoms with Crippen LogP contribution in [-0.2, 0) is 16.0 Å². The molecule has 0 radical (unpaired) electrons. The molecule has 0 spiro atoms. The van der Waals surface area contributed by atoms with Crippen LogP contribution in [0.15, 0.2) is 53.2 Å². The van der Waals surface area contributed by atoms with Crippen LogP contribution in [0.4, 0.5) is 4.39 Å². The Morgan fingerprint density at radius 1 is 1.48 bits per heavy atom. The highest BCUT2D eigenvalue weighted by molar-refractivity contribution is 6.31. The molecule has 1 unspecified atom stereocenters. The maximum atomic E-state index is 13.6. The molecule has 0 bridgehead atoms. The Labute approximate surface area is 175 Å². The van der Waals surface area contributed by atoms with Crippen molar-refractivity contribution in [1.29, 1.82) is 0 Å². The first kappa shape index (κ1) is 22.6. The Bertz CT molecular complexity index is 908. The van der Waals surface area contributed by atoms with Gasteiger partial charge in [0, 0.05) is 42.6 Å². The van der Waals surface area contributed by atoms with Gasteiger partial charge in [0.15, 0.2) is 11.6 Å². The Hall–Kier alpha value is -2.64. The van der Waals surface area contributed by atoms with E-state index in [1.165, 1.54) is 18.2 Å². The normalized spacial score (nSPS) is 13.8. The van der Waals surface area contributed by atoms with Gasteiger partial charge in [-0.05, 0) is 56.8 Å². The Kier molecular flexibility index (Phi) is 8.42. The van der Waals surface area contributed by atoms with Crippen LogP contribution >= 0.6 is 11.6 Å². The number of nitrogens with two attached hydrogens (primary N) is 1. The molecule has 29 heavy (non-hydrogen) atoms. The number of hydrogen-bond acceptors (Lipinski definition) is 5. The number of methoxy groups -OCH3 is 1. The van der Waals surface area contributed by atoms with Crippen molar-refractivity contribution in [2.24, 2.45) is 10.7 Å². The van der Waals surface area contributed by atoms with Crippen LogP contribution in [0.5, 0.6) is 0 Å². The van der Waals surface area contributed by atoms with Crippen LogP contribution < -0.4 is 5.73 Å². The van der Waals surface area contributed by atoms with Gasteiger partial charge in [0.05, 0.1) is 6.20 Å². The summed E-state index contributed by atoms with van der Waals surface area (Å²) in [6.45, 7) is 8.56. The van der Waals surface area contributed by atoms with Gasteiger partial charge in [-0.25, -0.2) is 9.38 Å². The van der Waals surface area contributed by atoms with Gasteiger partial charge in [-0.1, -0.05) is 11.6 Å². The zero-order chi connectivity index (χ0) is 21.4. The second kappa shape index (κ2) is 10.8. The van der Waals surface area contributed by atoms with Crippen LogP contribution in [-0.4, -0.2) is 30.2 Å². The molecule has 156 valence electrons. The lowest BCUT2D eigenvalue weighted by molar-refractivity contribution is 0.140. The van der Waals surface area contributed by atoms with E-state index in [1.54, 1.807) is 26.3 Å². The Morgan fingerprint density at radius 2 is 2.24 bits per heavy atom. The van der Waals surface area contributed by atoms with Gasteiger partial charge in [-0.15, -0.1) is 0 Å². The number of halogens is 2. The van der Waals surface area contributed by atoms with Crippen molar-refractivity contribution < 1.29 is 13.9 Å². The predicted octanol–water partition coefficient (Wildman–Crippen LogP) is 4.72. The highest BCUT2D eigenvalue weighted by Gasteiger charge is 2.15. The summed E-state index contributed by atoms with van der Waals surface area (Å²) < 4.78 is 26.5. The fraction of sp³-hybridized carbons (Fsp3) is 0.333. The van der Waals surface area contributed by atoms with Gasteiger partial charge in [0.25, 0.3) is 0 Å². The van der Waals surface area contributed by atoms with Crippen LogP contribution in [0, 0.1) is 5.82 Å². The van der Waals surface area contributed by atoms with Gasteiger partial charge < -0.3 is 15.2 Å². The molecule has 0 aliphatic heterocycles. The molecule has 2 rings (SSSR count). The fourth-order valence-corrected chi connectivity index (χ4v) is 2.94. The minimum Gasteiger partial charge on any atom is -0.482 e. The van der Waals surface area contributed by atoms with Gasteiger partial charge >= 0.3 is 0 Å². The van der Waals surface area contributed by atoms with Crippen LogP contribution in [0.2, 0.25) is 5.02 Å². The minimum atomic E-state index is -0.547. The second-order valence-corrected chi connectivity index (χ2v) is 6.91. The van der Waals surface area contributed by atoms with Gasteiger partial charge in [0.2, 0.25) is 0 Å². The molecule has 1 aromatic heterocycles. The first-order valence-electron chi connectivity index (χ1n) is 9.13. The van der Waals surface area contributed by atoms with E-state index >= 15 is 0 Å². The predicted molar refractivity (Wildman–Crippen MR) is 114 cm³/mol. The molecule has 2 N–H and O–H groups in total. The average Bonchev–Trinajstić information content (AvgIpc) is 3.17. The summed E-state index contributed by atoms with van der Waals surface area (Å²) in [7, 11) is 1.67. The van der Waals surface area contributed by atoms with E-state index in [9.17, 15) is 4.39 Å². The van der Waals surface area contributed by atoms with E-state index < -0.39 is 11.9 Å². The highest BCUT2D eigenvalue weighted by Crippen LogP contribution is 2.29. The molecule has 1 atom stereocenters. The first-order valence-corrected chi connectivity index (χ1v) is 9.51. The fourth-order valence-electron chi connectivity index (χ4n) is 2.67. The smallest absolute Gasteiger partial charge is 0.165 e. The summed E-state index contributed by atoms with van der Waals surface area (Å²) in [6, 6.07) is 4.12. The average molecular weight is 421 g/mol. The lowest BCUT2D eigenvalue weighted by Gasteiger charge is -2.18. The number of benzene rings is 1. The number of nitrogens with zero attached hydrogens (tertiary/aromatic N) is 3. The summed E-state index contributed by atoms with van der Waals surface area (Å²) in [4.78, 5) is 3.77. The molecule has 0 fully saturated rings. The number of rotatable bonds is 10. The summed E-state index contributed by atoms with van der Waals surface area (Å²) in [5.41, 5.74) is 8.27. The third-order valence-electron chi connectivity index (χ3n) is 4.29. The maximum absolute atomic E-state index is 13.6. The van der Waals surface area contributed by atoms with E-state index in [4.69, 9.17) is 26.8 Å². The molecule has 1 aromatic carbocycles. The molecule has 0 amide bonds. The van der Waals surface area contributed by atoms with Crippen LogP contribution in [0.3, 0.4) is 0 Å². The summed E-state index contributed by atoms with van der Waals surface area (Å²) >= 11 is 6.18. The number of aromatic nitrogens is 2. The summed E-state index contributed by atoms with van der Waals surface area (Å²) in [5.74, 6) is 0.0430. The van der Waals surface area contributed by atoms with Crippen molar-refractivity contribution in [3.05, 3.63) is 70.2 Å². The molecular formula is C21H26ClFN4O2. The van der Waals surface area contributed by atoms with Gasteiger partial charge in [0.1, 0.15) is 11.9 Å². The molecule has 0 saturated heterocycles. The molecule has 0 saturated carbocycles. The molecular weight excluding hydrogens is 395 g/mol. The Morgan fingerprint density at radius 3 is 2.93 bits per heavy atom. The zero-order valence-electron chi connectivity index (χ0n) is 16.9. The van der Waals surface area contributed by atoms with Crippen molar-refractivity contribution in [2.45, 2.75) is 32.9 Å². The lowest BCUT2D eigenvalue weighted by Crippen LogP contribution is -2.07. The number of hydrogen-bond donors (Lipinski definition) is 1. The molecule has 8 heteroatoms. The third kappa shape index (κ3) is 6.44. The number of aliphatic imine (C=N–C) groups is 1. The molecule has 0 aliphatic rings. The van der Waals surface area contributed by atoms with Crippen molar-refractivity contribution in [2.75, 3.05) is 13.7 Å². The number of aryl methyl sites for hydroxylation is 1.